The Morgan fingerprint density at radius 2 is 2.20 bits per heavy atom. The van der Waals surface area contributed by atoms with E-state index in [9.17, 15) is 0 Å². The lowest BCUT2D eigenvalue weighted by atomic mass is 10.1. The molecule has 1 N–H and O–H groups in total. The molecule has 0 fully saturated rings. The lowest BCUT2D eigenvalue weighted by molar-refractivity contribution is 0.395. The molecule has 2 heterocycles. The third kappa shape index (κ3) is 1.84. The second-order valence-corrected chi connectivity index (χ2v) is 5.15. The Labute approximate surface area is 96.3 Å². The van der Waals surface area contributed by atoms with Gasteiger partial charge < -0.3 is 0 Å². The van der Waals surface area contributed by atoms with Crippen LogP contribution < -0.4 is 0 Å². The first-order valence-electron chi connectivity index (χ1n) is 4.45. The number of aromatic amines is 1. The molecule has 0 aromatic carbocycles. The Balaban J connectivity index is 2.65. The molecular weight excluding hydrogens is 230 g/mol. The molecule has 0 unspecified atom stereocenters. The van der Waals surface area contributed by atoms with Crippen LogP contribution in [-0.2, 0) is 5.54 Å². The van der Waals surface area contributed by atoms with Crippen molar-refractivity contribution in [3.63, 3.8) is 0 Å². The van der Waals surface area contributed by atoms with Gasteiger partial charge in [-0.05, 0) is 44.5 Å². The van der Waals surface area contributed by atoms with Crippen LogP contribution in [0.4, 0.5) is 0 Å². The highest BCUT2D eigenvalue weighted by Crippen LogP contribution is 2.23. The fourth-order valence-electron chi connectivity index (χ4n) is 1.35. The molecule has 80 valence electrons. The van der Waals surface area contributed by atoms with Crippen LogP contribution in [0.1, 0.15) is 20.8 Å². The summed E-state index contributed by atoms with van der Waals surface area (Å²) in [6.45, 7) is 6.21. The van der Waals surface area contributed by atoms with Crippen molar-refractivity contribution in [1.82, 2.24) is 24.4 Å². The number of nitrogens with zero attached hydrogens (tertiary/aromatic N) is 4. The van der Waals surface area contributed by atoms with Crippen molar-refractivity contribution in [2.75, 3.05) is 0 Å². The van der Waals surface area contributed by atoms with Crippen LogP contribution in [-0.4, -0.2) is 24.4 Å². The lowest BCUT2D eigenvalue weighted by Crippen LogP contribution is -2.23. The normalized spacial score (nSPS) is 11.9. The first-order valence-corrected chi connectivity index (χ1v) is 5.70. The fraction of sp³-hybridized carbons (Fsp3) is 0.500. The van der Waals surface area contributed by atoms with Crippen LogP contribution in [0, 0.1) is 4.77 Å². The minimum absolute atomic E-state index is 0.122. The molecule has 7 heteroatoms. The minimum atomic E-state index is -0.122. The van der Waals surface area contributed by atoms with Crippen molar-refractivity contribution in [3.8, 4) is 11.5 Å². The van der Waals surface area contributed by atoms with Crippen molar-refractivity contribution in [3.05, 3.63) is 10.2 Å². The number of hydrogen-bond acceptors (Lipinski definition) is 5. The summed E-state index contributed by atoms with van der Waals surface area (Å²) in [4.78, 5) is 0. The average molecular weight is 241 g/mol. The molecule has 5 nitrogen and oxygen atoms in total. The van der Waals surface area contributed by atoms with Crippen molar-refractivity contribution in [1.29, 1.82) is 0 Å². The number of nitrogens with one attached hydrogen (secondary N) is 1. The zero-order chi connectivity index (χ0) is 11.1. The monoisotopic (exact) mass is 241 g/mol. The van der Waals surface area contributed by atoms with Crippen molar-refractivity contribution in [2.24, 2.45) is 0 Å². The van der Waals surface area contributed by atoms with E-state index in [1.165, 1.54) is 11.5 Å². The molecule has 0 aliphatic heterocycles. The summed E-state index contributed by atoms with van der Waals surface area (Å²) in [6.07, 6.45) is 0. The Kier molecular flexibility index (Phi) is 2.43. The number of H-pyrrole nitrogens is 1. The number of hydrogen-bond donors (Lipinski definition) is 1. The minimum Gasteiger partial charge on any atom is -0.293 e. The largest absolute Gasteiger partial charge is 0.293 e. The van der Waals surface area contributed by atoms with Crippen LogP contribution in [0.25, 0.3) is 11.5 Å². The van der Waals surface area contributed by atoms with Gasteiger partial charge in [0.2, 0.25) is 0 Å². The number of rotatable bonds is 1. The third-order valence-electron chi connectivity index (χ3n) is 1.93. The predicted octanol–water partition coefficient (Wildman–Crippen LogP) is 2.21. The van der Waals surface area contributed by atoms with Gasteiger partial charge in [0.25, 0.3) is 0 Å². The fourth-order valence-corrected chi connectivity index (χ4v) is 2.19. The highest BCUT2D eigenvalue weighted by molar-refractivity contribution is 7.71. The maximum Gasteiger partial charge on any atom is 0.195 e. The molecule has 2 rings (SSSR count). The van der Waals surface area contributed by atoms with Gasteiger partial charge in [0, 0.05) is 10.9 Å². The van der Waals surface area contributed by atoms with Gasteiger partial charge >= 0.3 is 0 Å². The molecule has 0 saturated heterocycles. The van der Waals surface area contributed by atoms with E-state index in [-0.39, 0.29) is 5.54 Å². The summed E-state index contributed by atoms with van der Waals surface area (Å²) in [5.41, 5.74) is 0.630. The van der Waals surface area contributed by atoms with Crippen LogP contribution in [0.15, 0.2) is 5.38 Å². The second kappa shape index (κ2) is 3.49. The summed E-state index contributed by atoms with van der Waals surface area (Å²) in [5, 5.41) is 12.8. The van der Waals surface area contributed by atoms with Gasteiger partial charge in [-0.3, -0.25) is 9.67 Å². The molecule has 0 bridgehead atoms. The molecule has 0 atom stereocenters. The molecule has 0 amide bonds. The maximum atomic E-state index is 5.20. The van der Waals surface area contributed by atoms with E-state index in [1.54, 1.807) is 0 Å². The molecule has 2 aromatic rings. The zero-order valence-corrected chi connectivity index (χ0v) is 10.3. The van der Waals surface area contributed by atoms with Crippen molar-refractivity contribution >= 4 is 23.8 Å². The van der Waals surface area contributed by atoms with E-state index in [4.69, 9.17) is 12.2 Å². The van der Waals surface area contributed by atoms with E-state index in [0.717, 1.165) is 11.5 Å². The van der Waals surface area contributed by atoms with E-state index in [1.807, 2.05) is 9.95 Å². The summed E-state index contributed by atoms with van der Waals surface area (Å²) in [7, 11) is 0. The van der Waals surface area contributed by atoms with Crippen molar-refractivity contribution in [2.45, 2.75) is 26.3 Å². The lowest BCUT2D eigenvalue weighted by Gasteiger charge is -2.21. The first kappa shape index (κ1) is 10.4. The molecule has 0 aliphatic rings. The Morgan fingerprint density at radius 3 is 2.73 bits per heavy atom. The van der Waals surface area contributed by atoms with Gasteiger partial charge in [-0.1, -0.05) is 4.49 Å². The molecule has 0 saturated carbocycles. The summed E-state index contributed by atoms with van der Waals surface area (Å²) in [6, 6.07) is 0. The smallest absolute Gasteiger partial charge is 0.195 e. The summed E-state index contributed by atoms with van der Waals surface area (Å²) < 4.78 is 6.37. The Bertz CT molecular complexity index is 502. The van der Waals surface area contributed by atoms with E-state index in [2.05, 4.69) is 40.6 Å². The van der Waals surface area contributed by atoms with Crippen LogP contribution in [0.3, 0.4) is 0 Å². The van der Waals surface area contributed by atoms with Gasteiger partial charge in [-0.2, -0.15) is 5.10 Å². The quantitative estimate of drug-likeness (QED) is 0.778. The predicted molar refractivity (Wildman–Crippen MR) is 61.3 cm³/mol. The molecule has 2 aromatic heterocycles. The molecule has 0 spiro atoms. The first-order chi connectivity index (χ1) is 7.00. The molecule has 15 heavy (non-hydrogen) atoms. The van der Waals surface area contributed by atoms with E-state index in [0.29, 0.717) is 4.77 Å². The third-order valence-corrected chi connectivity index (χ3v) is 2.71. The standard InChI is InChI=1S/C8H11N5S2/c1-8(2,3)13-6(10-11-7(13)14)5-4-15-12-9-5/h4H,1-3H3,(H,11,14). The van der Waals surface area contributed by atoms with Gasteiger partial charge in [0.15, 0.2) is 10.6 Å². The Hall–Kier alpha value is -1.08. The molecule has 0 aliphatic carbocycles. The van der Waals surface area contributed by atoms with Crippen LogP contribution >= 0.6 is 23.8 Å². The zero-order valence-electron chi connectivity index (χ0n) is 8.68. The molecule has 0 radical (unpaired) electrons. The Morgan fingerprint density at radius 1 is 1.47 bits per heavy atom. The maximum absolute atomic E-state index is 5.20. The van der Waals surface area contributed by atoms with Gasteiger partial charge in [0.1, 0.15) is 5.69 Å². The highest BCUT2D eigenvalue weighted by atomic mass is 32.1. The van der Waals surface area contributed by atoms with Crippen molar-refractivity contribution < 1.29 is 0 Å². The van der Waals surface area contributed by atoms with Gasteiger partial charge in [-0.25, -0.2) is 0 Å². The van der Waals surface area contributed by atoms with Crippen LogP contribution in [0.2, 0.25) is 0 Å². The SMILES string of the molecule is CC(C)(C)n1c(-c2csnn2)n[nH]c1=S. The summed E-state index contributed by atoms with van der Waals surface area (Å²) in [5.74, 6) is 0.737. The highest BCUT2D eigenvalue weighted by Gasteiger charge is 2.21. The average Bonchev–Trinajstić information content (AvgIpc) is 2.68. The van der Waals surface area contributed by atoms with Crippen LogP contribution in [0.5, 0.6) is 0 Å². The number of aromatic nitrogens is 5. The van der Waals surface area contributed by atoms with E-state index < -0.39 is 0 Å². The van der Waals surface area contributed by atoms with Gasteiger partial charge in [-0.15, -0.1) is 5.10 Å². The van der Waals surface area contributed by atoms with Gasteiger partial charge in [0.05, 0.1) is 0 Å². The second-order valence-electron chi connectivity index (χ2n) is 4.15. The topological polar surface area (TPSA) is 59.4 Å². The molecular formula is C8H11N5S2. The summed E-state index contributed by atoms with van der Waals surface area (Å²) >= 11 is 6.50. The van der Waals surface area contributed by atoms with E-state index >= 15 is 0 Å².